The molecule has 0 aliphatic rings. The minimum Gasteiger partial charge on any atom is -0.365 e. The fraction of sp³-hybridized carbons (Fsp3) is 0.464. The van der Waals surface area contributed by atoms with Crippen LogP contribution in [0.15, 0.2) is 48.8 Å². The van der Waals surface area contributed by atoms with Gasteiger partial charge in [0.15, 0.2) is 0 Å². The average Bonchev–Trinajstić information content (AvgIpc) is 2.94. The molecule has 3 aromatic rings. The molecule has 44 heavy (non-hydrogen) atoms. The highest BCUT2D eigenvalue weighted by molar-refractivity contribution is 7.92. The summed E-state index contributed by atoms with van der Waals surface area (Å²) in [6, 6.07) is 9.82. The van der Waals surface area contributed by atoms with Gasteiger partial charge in [0.1, 0.15) is 17.2 Å². The second-order valence-corrected chi connectivity index (χ2v) is 15.1. The molecule has 0 unspecified atom stereocenters. The Hall–Kier alpha value is -3.26. The molecule has 16 heteroatoms. The van der Waals surface area contributed by atoms with Crippen molar-refractivity contribution in [2.24, 2.45) is 11.8 Å². The number of nitrogens with zero attached hydrogens (tertiary/aromatic N) is 4. The van der Waals surface area contributed by atoms with Gasteiger partial charge in [-0.3, -0.25) is 8.87 Å². The maximum atomic E-state index is 13.8. The Balaban J connectivity index is 1.80. The number of aromatic nitrogens is 3. The zero-order chi connectivity index (χ0) is 32.7. The zero-order valence-corrected chi connectivity index (χ0v) is 27.1. The van der Waals surface area contributed by atoms with Crippen LogP contribution in [-0.2, 0) is 42.5 Å². The van der Waals surface area contributed by atoms with Gasteiger partial charge < -0.3 is 19.7 Å². The van der Waals surface area contributed by atoms with Crippen LogP contribution in [0, 0.1) is 11.8 Å². The van der Waals surface area contributed by atoms with E-state index < -0.39 is 35.2 Å². The van der Waals surface area contributed by atoms with E-state index in [1.54, 1.807) is 36.4 Å². The molecule has 11 nitrogen and oxygen atoms in total. The lowest BCUT2D eigenvalue weighted by molar-refractivity contribution is -0.137. The summed E-state index contributed by atoms with van der Waals surface area (Å²) < 4.78 is 91.1. The van der Waals surface area contributed by atoms with Gasteiger partial charge in [0.2, 0.25) is 16.0 Å². The average molecular weight is 659 g/mol. The number of hydrogen-bond donors (Lipinski definition) is 2. The summed E-state index contributed by atoms with van der Waals surface area (Å²) >= 11 is 0. The molecular weight excluding hydrogens is 620 g/mol. The predicted octanol–water partition coefficient (Wildman–Crippen LogP) is 6.68. The SMILES string of the molecule is CC(C)COP(=O)(Cc1ccc(Nc2ncc(C(F)(F)F)c(NCc3cccnc3N(C)S(C)(=O)=O)n2)cc1)OCC(C)C. The van der Waals surface area contributed by atoms with Crippen molar-refractivity contribution in [3.05, 3.63) is 65.5 Å². The van der Waals surface area contributed by atoms with Gasteiger partial charge in [0, 0.05) is 37.2 Å². The summed E-state index contributed by atoms with van der Waals surface area (Å²) in [6.45, 7) is 8.17. The van der Waals surface area contributed by atoms with Gasteiger partial charge >= 0.3 is 13.8 Å². The lowest BCUT2D eigenvalue weighted by atomic mass is 10.2. The molecule has 2 N–H and O–H groups in total. The van der Waals surface area contributed by atoms with Crippen LogP contribution in [0.4, 0.5) is 36.4 Å². The minimum absolute atomic E-state index is 0.0580. The molecule has 0 saturated carbocycles. The Bertz CT molecular complexity index is 1540. The van der Waals surface area contributed by atoms with Crippen molar-refractivity contribution < 1.29 is 35.2 Å². The smallest absolute Gasteiger partial charge is 0.365 e. The highest BCUT2D eigenvalue weighted by atomic mass is 32.2. The van der Waals surface area contributed by atoms with Crippen LogP contribution in [0.3, 0.4) is 0 Å². The third-order valence-corrected chi connectivity index (χ3v) is 9.00. The summed E-state index contributed by atoms with van der Waals surface area (Å²) in [4.78, 5) is 12.0. The molecule has 2 aromatic heterocycles. The van der Waals surface area contributed by atoms with Crippen molar-refractivity contribution in [2.75, 3.05) is 41.5 Å². The van der Waals surface area contributed by atoms with Crippen molar-refractivity contribution in [3.8, 4) is 0 Å². The summed E-state index contributed by atoms with van der Waals surface area (Å²) in [5, 5.41) is 5.53. The van der Waals surface area contributed by atoms with Crippen molar-refractivity contribution in [2.45, 2.75) is 46.6 Å². The van der Waals surface area contributed by atoms with Gasteiger partial charge in [-0.05, 0) is 35.6 Å². The Kier molecular flexibility index (Phi) is 11.8. The topological polar surface area (TPSA) is 136 Å². The number of benzene rings is 1. The van der Waals surface area contributed by atoms with Gasteiger partial charge in [-0.2, -0.15) is 18.2 Å². The third-order valence-electron chi connectivity index (χ3n) is 6.00. The van der Waals surface area contributed by atoms with Crippen LogP contribution in [0.1, 0.15) is 44.4 Å². The lowest BCUT2D eigenvalue weighted by Crippen LogP contribution is -2.27. The van der Waals surface area contributed by atoms with E-state index in [2.05, 4.69) is 25.6 Å². The second kappa shape index (κ2) is 14.7. The summed E-state index contributed by atoms with van der Waals surface area (Å²) in [5.74, 6) is -0.216. The Morgan fingerprint density at radius 1 is 1.00 bits per heavy atom. The predicted molar refractivity (Wildman–Crippen MR) is 164 cm³/mol. The first-order valence-electron chi connectivity index (χ1n) is 13.8. The van der Waals surface area contributed by atoms with Gasteiger partial charge in [-0.25, -0.2) is 18.4 Å². The fourth-order valence-corrected chi connectivity index (χ4v) is 6.12. The van der Waals surface area contributed by atoms with Crippen molar-refractivity contribution in [3.63, 3.8) is 0 Å². The van der Waals surface area contributed by atoms with Crippen LogP contribution < -0.4 is 14.9 Å². The summed E-state index contributed by atoms with van der Waals surface area (Å²) in [7, 11) is -5.77. The summed E-state index contributed by atoms with van der Waals surface area (Å²) in [5.41, 5.74) is 0.404. The molecule has 0 spiro atoms. The van der Waals surface area contributed by atoms with E-state index in [0.29, 0.717) is 23.0 Å². The highest BCUT2D eigenvalue weighted by Crippen LogP contribution is 2.52. The molecular formula is C28H38F3N6O5PS. The molecule has 0 aliphatic heterocycles. The van der Waals surface area contributed by atoms with E-state index >= 15 is 0 Å². The first-order valence-corrected chi connectivity index (χ1v) is 17.3. The number of nitrogens with one attached hydrogen (secondary N) is 2. The van der Waals surface area contributed by atoms with Gasteiger partial charge in [-0.1, -0.05) is 45.9 Å². The molecule has 1 aromatic carbocycles. The van der Waals surface area contributed by atoms with E-state index in [1.165, 1.54) is 13.2 Å². The minimum atomic E-state index is -4.76. The maximum Gasteiger partial charge on any atom is 0.421 e. The molecule has 2 heterocycles. The number of pyridine rings is 1. The number of sulfonamides is 1. The van der Waals surface area contributed by atoms with E-state index in [9.17, 15) is 26.2 Å². The Morgan fingerprint density at radius 3 is 2.16 bits per heavy atom. The van der Waals surface area contributed by atoms with E-state index in [-0.39, 0.29) is 49.5 Å². The molecule has 3 rings (SSSR count). The number of rotatable bonds is 15. The zero-order valence-electron chi connectivity index (χ0n) is 25.4. The Morgan fingerprint density at radius 2 is 1.61 bits per heavy atom. The lowest BCUT2D eigenvalue weighted by Gasteiger charge is -2.21. The van der Waals surface area contributed by atoms with Crippen molar-refractivity contribution >= 4 is 40.9 Å². The number of anilines is 4. The van der Waals surface area contributed by atoms with Crippen molar-refractivity contribution in [1.29, 1.82) is 0 Å². The number of halogens is 3. The summed E-state index contributed by atoms with van der Waals surface area (Å²) in [6.07, 6.45) is -1.66. The maximum absolute atomic E-state index is 13.8. The normalized spacial score (nSPS) is 12.5. The fourth-order valence-electron chi connectivity index (χ4n) is 3.67. The van der Waals surface area contributed by atoms with E-state index in [0.717, 1.165) is 10.6 Å². The van der Waals surface area contributed by atoms with Crippen LogP contribution in [0.5, 0.6) is 0 Å². The molecule has 0 radical (unpaired) electrons. The van der Waals surface area contributed by atoms with Gasteiger partial charge in [-0.15, -0.1) is 0 Å². The highest BCUT2D eigenvalue weighted by Gasteiger charge is 2.35. The van der Waals surface area contributed by atoms with Gasteiger partial charge in [0.25, 0.3) is 0 Å². The largest absolute Gasteiger partial charge is 0.421 e. The molecule has 0 amide bonds. The van der Waals surface area contributed by atoms with E-state index in [4.69, 9.17) is 9.05 Å². The van der Waals surface area contributed by atoms with Crippen LogP contribution in [0.25, 0.3) is 0 Å². The quantitative estimate of drug-likeness (QED) is 0.170. The molecule has 0 bridgehead atoms. The van der Waals surface area contributed by atoms with E-state index in [1.807, 2.05) is 27.7 Å². The van der Waals surface area contributed by atoms with Gasteiger partial charge in [0.05, 0.1) is 25.6 Å². The standard InChI is InChI=1S/C28H38F3N6O5PS/c1-19(2)16-41-43(38,42-17-20(3)4)18-21-9-11-23(12-10-21)35-27-34-15-24(28(29,30)31)25(36-27)33-14-22-8-7-13-32-26(22)37(5)44(6,39)40/h7-13,15,19-20H,14,16-18H2,1-6H3,(H2,33,34,35,36). The molecule has 0 aliphatic carbocycles. The second-order valence-electron chi connectivity index (χ2n) is 11.0. The van der Waals surface area contributed by atoms with Crippen LogP contribution >= 0.6 is 7.60 Å². The molecule has 0 atom stereocenters. The monoisotopic (exact) mass is 658 g/mol. The van der Waals surface area contributed by atoms with Crippen LogP contribution in [0.2, 0.25) is 0 Å². The molecule has 242 valence electrons. The first kappa shape index (κ1) is 35.2. The van der Waals surface area contributed by atoms with Crippen molar-refractivity contribution in [1.82, 2.24) is 15.0 Å². The molecule has 0 fully saturated rings. The number of alkyl halides is 3. The third kappa shape index (κ3) is 10.4. The molecule has 0 saturated heterocycles. The first-order chi connectivity index (χ1) is 20.5. The Labute approximate surface area is 256 Å². The number of hydrogen-bond acceptors (Lipinski definition) is 10. The van der Waals surface area contributed by atoms with Crippen LogP contribution in [-0.4, -0.2) is 49.9 Å².